The van der Waals surface area contributed by atoms with Crippen LogP contribution in [-0.2, 0) is 6.42 Å². The smallest absolute Gasteiger partial charge is 0.0130 e. The number of hydrogen-bond donors (Lipinski definition) is 1. The van der Waals surface area contributed by atoms with E-state index >= 15 is 0 Å². The first-order valence-corrected chi connectivity index (χ1v) is 8.23. The lowest BCUT2D eigenvalue weighted by molar-refractivity contribution is 0.245. The molecule has 0 bridgehead atoms. The molecule has 0 aromatic heterocycles. The Morgan fingerprint density at radius 2 is 1.78 bits per heavy atom. The van der Waals surface area contributed by atoms with Gasteiger partial charge in [0, 0.05) is 16.2 Å². The molecule has 1 aliphatic carbocycles. The van der Waals surface area contributed by atoms with Gasteiger partial charge in [-0.15, -0.1) is 0 Å². The van der Waals surface area contributed by atoms with E-state index < -0.39 is 0 Å². The fourth-order valence-corrected chi connectivity index (χ4v) is 2.86. The Balaban J connectivity index is 2.00. The first-order valence-electron chi connectivity index (χ1n) is 7.15. The Hall–Kier alpha value is -0.0900. The van der Waals surface area contributed by atoms with Gasteiger partial charge in [-0.25, -0.2) is 0 Å². The van der Waals surface area contributed by atoms with Gasteiger partial charge in [0.2, 0.25) is 0 Å². The van der Waals surface area contributed by atoms with Gasteiger partial charge in [-0.2, -0.15) is 0 Å². The first-order chi connectivity index (χ1) is 8.67. The van der Waals surface area contributed by atoms with Gasteiger partial charge < -0.3 is 5.32 Å². The van der Waals surface area contributed by atoms with Gasteiger partial charge in [0.15, 0.2) is 0 Å². The topological polar surface area (TPSA) is 12.0 Å². The molecule has 1 N–H and O–H groups in total. The Morgan fingerprint density at radius 1 is 1.17 bits per heavy atom. The fraction of sp³-hybridized carbons (Fsp3) is 0.625. The van der Waals surface area contributed by atoms with E-state index in [1.54, 1.807) is 0 Å². The zero-order valence-electron chi connectivity index (χ0n) is 11.5. The van der Waals surface area contributed by atoms with E-state index in [2.05, 4.69) is 66.0 Å². The third-order valence-corrected chi connectivity index (χ3v) is 5.05. The summed E-state index contributed by atoms with van der Waals surface area (Å²) >= 11 is 2.37. The summed E-state index contributed by atoms with van der Waals surface area (Å²) in [7, 11) is 0. The van der Waals surface area contributed by atoms with Crippen molar-refractivity contribution in [2.75, 3.05) is 6.54 Å². The molecule has 2 heteroatoms. The lowest BCUT2D eigenvalue weighted by Crippen LogP contribution is -2.36. The van der Waals surface area contributed by atoms with Crippen molar-refractivity contribution in [1.29, 1.82) is 0 Å². The van der Waals surface area contributed by atoms with E-state index in [1.165, 1.54) is 47.8 Å². The number of hydrogen-bond acceptors (Lipinski definition) is 1. The minimum atomic E-state index is 0.440. The van der Waals surface area contributed by atoms with Crippen molar-refractivity contribution in [2.24, 2.45) is 5.41 Å². The molecule has 1 aromatic rings. The second-order valence-electron chi connectivity index (χ2n) is 5.67. The number of nitrogens with one attached hydrogen (secondary N) is 1. The first kappa shape index (κ1) is 14.3. The fourth-order valence-electron chi connectivity index (χ4n) is 2.50. The molecule has 0 saturated heterocycles. The monoisotopic (exact) mass is 357 g/mol. The van der Waals surface area contributed by atoms with Crippen LogP contribution < -0.4 is 5.32 Å². The van der Waals surface area contributed by atoms with Gasteiger partial charge in [0.1, 0.15) is 0 Å². The Labute approximate surface area is 125 Å². The zero-order valence-corrected chi connectivity index (χ0v) is 13.7. The summed E-state index contributed by atoms with van der Waals surface area (Å²) in [6.45, 7) is 5.85. The van der Waals surface area contributed by atoms with E-state index in [1.807, 2.05) is 0 Å². The molecule has 18 heavy (non-hydrogen) atoms. The van der Waals surface area contributed by atoms with Crippen LogP contribution >= 0.6 is 22.6 Å². The molecular formula is C16H24IN. The van der Waals surface area contributed by atoms with Crippen LogP contribution in [0.2, 0.25) is 0 Å². The minimum absolute atomic E-state index is 0.440. The summed E-state index contributed by atoms with van der Waals surface area (Å²) in [5.41, 5.74) is 1.92. The molecule has 1 nitrogen and oxygen atoms in total. The van der Waals surface area contributed by atoms with Crippen molar-refractivity contribution >= 4 is 22.6 Å². The zero-order chi connectivity index (χ0) is 13.0. The highest BCUT2D eigenvalue weighted by atomic mass is 127. The summed E-state index contributed by atoms with van der Waals surface area (Å²) in [6.07, 6.45) is 6.49. The predicted molar refractivity (Wildman–Crippen MR) is 86.9 cm³/mol. The van der Waals surface area contributed by atoms with Crippen LogP contribution in [0.4, 0.5) is 0 Å². The van der Waals surface area contributed by atoms with Crippen LogP contribution in [0.3, 0.4) is 0 Å². The van der Waals surface area contributed by atoms with Gasteiger partial charge >= 0.3 is 0 Å². The molecule has 1 fully saturated rings. The minimum Gasteiger partial charge on any atom is -0.313 e. The Morgan fingerprint density at radius 3 is 2.28 bits per heavy atom. The number of halogens is 1. The third kappa shape index (κ3) is 3.95. The molecule has 0 atom stereocenters. The number of benzene rings is 1. The molecule has 0 amide bonds. The molecule has 0 heterocycles. The van der Waals surface area contributed by atoms with Crippen molar-refractivity contribution in [3.63, 3.8) is 0 Å². The molecule has 0 spiro atoms. The summed E-state index contributed by atoms with van der Waals surface area (Å²) in [4.78, 5) is 0. The van der Waals surface area contributed by atoms with Gasteiger partial charge in [0.25, 0.3) is 0 Å². The molecule has 1 aliphatic rings. The van der Waals surface area contributed by atoms with Gasteiger partial charge in [0.05, 0.1) is 0 Å². The van der Waals surface area contributed by atoms with E-state index in [0.717, 1.165) is 6.04 Å². The molecule has 1 aromatic carbocycles. The van der Waals surface area contributed by atoms with Crippen molar-refractivity contribution in [1.82, 2.24) is 5.32 Å². The highest BCUT2D eigenvalue weighted by Crippen LogP contribution is 2.32. The van der Waals surface area contributed by atoms with Crippen LogP contribution in [0.1, 0.15) is 45.1 Å². The number of rotatable bonds is 7. The van der Waals surface area contributed by atoms with Crippen LogP contribution in [0.15, 0.2) is 24.3 Å². The normalized spacial score (nSPS) is 15.9. The molecule has 1 saturated carbocycles. The maximum atomic E-state index is 3.73. The second-order valence-corrected chi connectivity index (χ2v) is 6.91. The highest BCUT2D eigenvalue weighted by Gasteiger charge is 2.29. The van der Waals surface area contributed by atoms with Crippen LogP contribution in [-0.4, -0.2) is 12.6 Å². The van der Waals surface area contributed by atoms with E-state index in [9.17, 15) is 0 Å². The van der Waals surface area contributed by atoms with Crippen molar-refractivity contribution in [3.05, 3.63) is 33.4 Å². The molecule has 0 aliphatic heterocycles. The maximum absolute atomic E-state index is 3.73. The summed E-state index contributed by atoms with van der Waals surface area (Å²) in [5, 5.41) is 3.73. The molecular weight excluding hydrogens is 333 g/mol. The van der Waals surface area contributed by atoms with Gasteiger partial charge in [-0.05, 0) is 77.8 Å². The quantitative estimate of drug-likeness (QED) is 0.714. The lowest BCUT2D eigenvalue weighted by atomic mass is 9.77. The average molecular weight is 357 g/mol. The Bertz CT molecular complexity index is 363. The lowest BCUT2D eigenvalue weighted by Gasteiger charge is -2.32. The summed E-state index contributed by atoms with van der Waals surface area (Å²) in [6, 6.07) is 9.85. The van der Waals surface area contributed by atoms with E-state index in [4.69, 9.17) is 0 Å². The van der Waals surface area contributed by atoms with Crippen molar-refractivity contribution in [2.45, 2.75) is 52.0 Å². The van der Waals surface area contributed by atoms with E-state index in [0.29, 0.717) is 5.41 Å². The third-order valence-electron chi connectivity index (χ3n) is 4.34. The van der Waals surface area contributed by atoms with Crippen LogP contribution in [0.25, 0.3) is 0 Å². The molecule has 2 rings (SSSR count). The summed E-state index contributed by atoms with van der Waals surface area (Å²) in [5.74, 6) is 0. The molecule has 0 radical (unpaired) electrons. The standard InChI is InChI=1S/C16H24IN/c1-3-16(4-2,12-18-15-9-10-15)11-13-5-7-14(17)8-6-13/h5-8,15,18H,3-4,9-12H2,1-2H3. The van der Waals surface area contributed by atoms with Gasteiger partial charge in [-0.1, -0.05) is 26.0 Å². The van der Waals surface area contributed by atoms with Crippen molar-refractivity contribution < 1.29 is 0 Å². The average Bonchev–Trinajstić information content (AvgIpc) is 3.21. The van der Waals surface area contributed by atoms with Gasteiger partial charge in [-0.3, -0.25) is 0 Å². The molecule has 0 unspecified atom stereocenters. The highest BCUT2D eigenvalue weighted by molar-refractivity contribution is 14.1. The largest absolute Gasteiger partial charge is 0.313 e. The van der Waals surface area contributed by atoms with Crippen molar-refractivity contribution in [3.8, 4) is 0 Å². The SMILES string of the molecule is CCC(CC)(CNC1CC1)Cc1ccc(I)cc1. The second kappa shape index (κ2) is 6.38. The Kier molecular flexibility index (Phi) is 5.07. The maximum Gasteiger partial charge on any atom is 0.0130 e. The van der Waals surface area contributed by atoms with Crippen LogP contribution in [0.5, 0.6) is 0 Å². The van der Waals surface area contributed by atoms with Crippen LogP contribution in [0, 0.1) is 8.99 Å². The molecule has 100 valence electrons. The van der Waals surface area contributed by atoms with E-state index in [-0.39, 0.29) is 0 Å². The predicted octanol–water partition coefficient (Wildman–Crippen LogP) is 4.39. The summed E-state index contributed by atoms with van der Waals surface area (Å²) < 4.78 is 1.33.